The fourth-order valence-electron chi connectivity index (χ4n) is 1.96. The zero-order chi connectivity index (χ0) is 13.1. The maximum Gasteiger partial charge on any atom is 0.286 e. The van der Waals surface area contributed by atoms with Gasteiger partial charge in [0.25, 0.3) is 5.91 Å². The van der Waals surface area contributed by atoms with E-state index in [9.17, 15) is 4.79 Å². The molecular formula is C15H25NO2. The Morgan fingerprint density at radius 3 is 2.39 bits per heavy atom. The summed E-state index contributed by atoms with van der Waals surface area (Å²) in [4.78, 5) is 11.5. The Morgan fingerprint density at radius 2 is 1.78 bits per heavy atom. The highest BCUT2D eigenvalue weighted by atomic mass is 16.3. The molecule has 1 aromatic rings. The van der Waals surface area contributed by atoms with E-state index in [-0.39, 0.29) is 5.91 Å². The molecule has 1 aromatic heterocycles. The van der Waals surface area contributed by atoms with Crippen molar-refractivity contribution in [1.82, 2.24) is 5.32 Å². The predicted molar refractivity (Wildman–Crippen MR) is 73.7 cm³/mol. The molecule has 0 aliphatic heterocycles. The fourth-order valence-corrected chi connectivity index (χ4v) is 1.96. The lowest BCUT2D eigenvalue weighted by Crippen LogP contribution is -2.23. The van der Waals surface area contributed by atoms with Gasteiger partial charge in [0.1, 0.15) is 0 Å². The molecule has 3 nitrogen and oxygen atoms in total. The third-order valence-corrected chi connectivity index (χ3v) is 3.06. The van der Waals surface area contributed by atoms with Gasteiger partial charge in [-0.3, -0.25) is 4.79 Å². The molecule has 1 heterocycles. The summed E-state index contributed by atoms with van der Waals surface area (Å²) in [5.41, 5.74) is 0. The summed E-state index contributed by atoms with van der Waals surface area (Å²) in [6.45, 7) is 2.98. The zero-order valence-corrected chi connectivity index (χ0v) is 11.4. The van der Waals surface area contributed by atoms with Gasteiger partial charge in [0.05, 0.1) is 6.26 Å². The van der Waals surface area contributed by atoms with E-state index in [2.05, 4.69) is 12.2 Å². The van der Waals surface area contributed by atoms with E-state index < -0.39 is 0 Å². The monoisotopic (exact) mass is 251 g/mol. The number of rotatable bonds is 10. The van der Waals surface area contributed by atoms with Crippen molar-refractivity contribution in [1.29, 1.82) is 0 Å². The summed E-state index contributed by atoms with van der Waals surface area (Å²) in [5, 5.41) is 2.86. The topological polar surface area (TPSA) is 42.2 Å². The SMILES string of the molecule is CCCCCCCCCCNC(=O)c1ccco1. The Labute approximate surface area is 110 Å². The molecule has 0 saturated carbocycles. The first-order chi connectivity index (χ1) is 8.84. The molecule has 1 amide bonds. The lowest BCUT2D eigenvalue weighted by atomic mass is 10.1. The van der Waals surface area contributed by atoms with Crippen molar-refractivity contribution < 1.29 is 9.21 Å². The van der Waals surface area contributed by atoms with Crippen LogP contribution in [0.5, 0.6) is 0 Å². The predicted octanol–water partition coefficient (Wildman–Crippen LogP) is 4.15. The van der Waals surface area contributed by atoms with E-state index in [4.69, 9.17) is 4.42 Å². The average Bonchev–Trinajstić information content (AvgIpc) is 2.90. The lowest BCUT2D eigenvalue weighted by molar-refractivity contribution is 0.0925. The van der Waals surface area contributed by atoms with Crippen LogP contribution in [0.1, 0.15) is 68.8 Å². The normalized spacial score (nSPS) is 10.5. The van der Waals surface area contributed by atoms with Crippen molar-refractivity contribution >= 4 is 5.91 Å². The van der Waals surface area contributed by atoms with Crippen LogP contribution in [0.3, 0.4) is 0 Å². The number of carbonyl (C=O) groups is 1. The lowest BCUT2D eigenvalue weighted by Gasteiger charge is -2.03. The van der Waals surface area contributed by atoms with Gasteiger partial charge in [0, 0.05) is 6.54 Å². The Morgan fingerprint density at radius 1 is 1.11 bits per heavy atom. The van der Waals surface area contributed by atoms with Gasteiger partial charge in [0.2, 0.25) is 0 Å². The summed E-state index contributed by atoms with van der Waals surface area (Å²) in [6.07, 6.45) is 11.8. The van der Waals surface area contributed by atoms with Crippen molar-refractivity contribution in [3.63, 3.8) is 0 Å². The maximum atomic E-state index is 11.5. The van der Waals surface area contributed by atoms with E-state index >= 15 is 0 Å². The second kappa shape index (κ2) is 9.75. The minimum absolute atomic E-state index is 0.108. The quantitative estimate of drug-likeness (QED) is 0.635. The van der Waals surface area contributed by atoms with Crippen LogP contribution in [0.15, 0.2) is 22.8 Å². The van der Waals surface area contributed by atoms with Crippen LogP contribution >= 0.6 is 0 Å². The van der Waals surface area contributed by atoms with Crippen molar-refractivity contribution in [2.24, 2.45) is 0 Å². The summed E-state index contributed by atoms with van der Waals surface area (Å²) in [6, 6.07) is 3.41. The van der Waals surface area contributed by atoms with Crippen LogP contribution in [0.25, 0.3) is 0 Å². The molecule has 3 heteroatoms. The number of furan rings is 1. The Balaban J connectivity index is 1.88. The fraction of sp³-hybridized carbons (Fsp3) is 0.667. The van der Waals surface area contributed by atoms with E-state index in [1.54, 1.807) is 12.1 Å². The van der Waals surface area contributed by atoms with Gasteiger partial charge in [0.15, 0.2) is 5.76 Å². The number of hydrogen-bond donors (Lipinski definition) is 1. The molecule has 1 rings (SSSR count). The number of carbonyl (C=O) groups excluding carboxylic acids is 1. The van der Waals surface area contributed by atoms with Gasteiger partial charge in [-0.2, -0.15) is 0 Å². The minimum Gasteiger partial charge on any atom is -0.459 e. The first kappa shape index (κ1) is 14.8. The third-order valence-electron chi connectivity index (χ3n) is 3.06. The average molecular weight is 251 g/mol. The van der Waals surface area contributed by atoms with Crippen LogP contribution in [-0.2, 0) is 0 Å². The highest BCUT2D eigenvalue weighted by Crippen LogP contribution is 2.08. The van der Waals surface area contributed by atoms with Gasteiger partial charge in [-0.15, -0.1) is 0 Å². The highest BCUT2D eigenvalue weighted by Gasteiger charge is 2.06. The van der Waals surface area contributed by atoms with Crippen molar-refractivity contribution in [2.75, 3.05) is 6.54 Å². The van der Waals surface area contributed by atoms with Crippen LogP contribution in [0, 0.1) is 0 Å². The van der Waals surface area contributed by atoms with E-state index in [0.29, 0.717) is 5.76 Å². The highest BCUT2D eigenvalue weighted by molar-refractivity contribution is 5.91. The number of hydrogen-bond acceptors (Lipinski definition) is 2. The Kier molecular flexibility index (Phi) is 8.02. The second-order valence-electron chi connectivity index (χ2n) is 4.71. The first-order valence-corrected chi connectivity index (χ1v) is 7.16. The van der Waals surface area contributed by atoms with Crippen LogP contribution in [0.2, 0.25) is 0 Å². The summed E-state index contributed by atoms with van der Waals surface area (Å²) in [5.74, 6) is 0.289. The second-order valence-corrected chi connectivity index (χ2v) is 4.71. The van der Waals surface area contributed by atoms with Crippen molar-refractivity contribution in [3.8, 4) is 0 Å². The van der Waals surface area contributed by atoms with Gasteiger partial charge in [-0.1, -0.05) is 51.9 Å². The van der Waals surface area contributed by atoms with Crippen LogP contribution in [-0.4, -0.2) is 12.5 Å². The molecule has 102 valence electrons. The standard InChI is InChI=1S/C15H25NO2/c1-2-3-4-5-6-7-8-9-12-16-15(17)14-11-10-13-18-14/h10-11,13H,2-9,12H2,1H3,(H,16,17). The zero-order valence-electron chi connectivity index (χ0n) is 11.4. The molecular weight excluding hydrogens is 226 g/mol. The number of unbranched alkanes of at least 4 members (excludes halogenated alkanes) is 7. The molecule has 0 unspecified atom stereocenters. The van der Waals surface area contributed by atoms with E-state index in [1.165, 1.54) is 51.2 Å². The van der Waals surface area contributed by atoms with E-state index in [0.717, 1.165) is 13.0 Å². The molecule has 0 aromatic carbocycles. The number of amides is 1. The number of nitrogens with one attached hydrogen (secondary N) is 1. The molecule has 0 radical (unpaired) electrons. The molecule has 0 atom stereocenters. The summed E-state index contributed by atoms with van der Waals surface area (Å²) < 4.78 is 5.02. The molecule has 0 aliphatic carbocycles. The first-order valence-electron chi connectivity index (χ1n) is 7.16. The van der Waals surface area contributed by atoms with Gasteiger partial charge in [-0.25, -0.2) is 0 Å². The molecule has 0 fully saturated rings. The molecule has 18 heavy (non-hydrogen) atoms. The smallest absolute Gasteiger partial charge is 0.286 e. The molecule has 0 bridgehead atoms. The van der Waals surface area contributed by atoms with Crippen molar-refractivity contribution in [3.05, 3.63) is 24.2 Å². The third kappa shape index (κ3) is 6.48. The van der Waals surface area contributed by atoms with E-state index in [1.807, 2.05) is 0 Å². The maximum absolute atomic E-state index is 11.5. The molecule has 1 N–H and O–H groups in total. The van der Waals surface area contributed by atoms with Crippen LogP contribution in [0.4, 0.5) is 0 Å². The molecule has 0 spiro atoms. The molecule has 0 aliphatic rings. The Hall–Kier alpha value is -1.25. The summed E-state index contributed by atoms with van der Waals surface area (Å²) >= 11 is 0. The largest absolute Gasteiger partial charge is 0.459 e. The summed E-state index contributed by atoms with van der Waals surface area (Å²) in [7, 11) is 0. The van der Waals surface area contributed by atoms with Gasteiger partial charge in [-0.05, 0) is 18.6 Å². The van der Waals surface area contributed by atoms with Gasteiger partial charge < -0.3 is 9.73 Å². The minimum atomic E-state index is -0.108. The van der Waals surface area contributed by atoms with Crippen molar-refractivity contribution in [2.45, 2.75) is 58.3 Å². The van der Waals surface area contributed by atoms with Crippen LogP contribution < -0.4 is 5.32 Å². The van der Waals surface area contributed by atoms with Gasteiger partial charge >= 0.3 is 0 Å². The molecule has 0 saturated heterocycles. The Bertz CT molecular complexity index is 306.